The van der Waals surface area contributed by atoms with Gasteiger partial charge < -0.3 is 9.47 Å². The molecule has 0 atom stereocenters. The molecule has 1 fully saturated rings. The molecule has 0 aliphatic carbocycles. The Labute approximate surface area is 233 Å². The van der Waals surface area contributed by atoms with Crippen LogP contribution >= 0.6 is 23.4 Å². The smallest absolute Gasteiger partial charge is 0.416 e. The Morgan fingerprint density at radius 3 is 2.42 bits per heavy atom. The molecule has 40 heavy (non-hydrogen) atoms. The van der Waals surface area contributed by atoms with E-state index >= 15 is 0 Å². The van der Waals surface area contributed by atoms with Gasteiger partial charge in [0.15, 0.2) is 11.5 Å². The molecule has 0 spiro atoms. The number of halogens is 5. The zero-order chi connectivity index (χ0) is 29.2. The van der Waals surface area contributed by atoms with Gasteiger partial charge in [0.1, 0.15) is 5.82 Å². The zero-order valence-electron chi connectivity index (χ0n) is 20.3. The largest absolute Gasteiger partial charge is 0.490 e. The predicted octanol–water partition coefficient (Wildman–Crippen LogP) is 7.83. The summed E-state index contributed by atoms with van der Waals surface area (Å²) in [6, 6.07) is 9.76. The molecule has 8 nitrogen and oxygen atoms in total. The van der Waals surface area contributed by atoms with E-state index in [4.69, 9.17) is 21.1 Å². The van der Waals surface area contributed by atoms with Crippen LogP contribution in [0.2, 0.25) is 5.02 Å². The molecule has 1 saturated heterocycles. The van der Waals surface area contributed by atoms with Crippen LogP contribution in [0.25, 0.3) is 6.08 Å². The maximum Gasteiger partial charge on any atom is 0.416 e. The highest BCUT2D eigenvalue weighted by Gasteiger charge is 2.36. The minimum atomic E-state index is -4.78. The Balaban J connectivity index is 1.60. The first-order valence-corrected chi connectivity index (χ1v) is 12.6. The van der Waals surface area contributed by atoms with Crippen molar-refractivity contribution in [2.24, 2.45) is 0 Å². The quantitative estimate of drug-likeness (QED) is 0.113. The van der Waals surface area contributed by atoms with Crippen LogP contribution < -0.4 is 9.47 Å². The highest BCUT2D eigenvalue weighted by atomic mass is 35.5. The number of ether oxygens (including phenoxy) is 2. The molecule has 0 radical (unpaired) electrons. The highest BCUT2D eigenvalue weighted by Crippen LogP contribution is 2.41. The molecular formula is C26H17ClF4N2O6S. The number of imide groups is 1. The van der Waals surface area contributed by atoms with E-state index in [0.717, 1.165) is 23.1 Å². The van der Waals surface area contributed by atoms with Gasteiger partial charge in [0.05, 0.1) is 28.5 Å². The molecule has 2 amide bonds. The number of hydrogen-bond acceptors (Lipinski definition) is 7. The number of nitrogens with zero attached hydrogens (tertiary/aromatic N) is 2. The number of benzene rings is 3. The molecule has 0 aromatic heterocycles. The van der Waals surface area contributed by atoms with Crippen molar-refractivity contribution in [2.45, 2.75) is 19.6 Å². The summed E-state index contributed by atoms with van der Waals surface area (Å²) in [5.41, 5.74) is -1.31. The van der Waals surface area contributed by atoms with Crippen LogP contribution in [0.3, 0.4) is 0 Å². The van der Waals surface area contributed by atoms with Crippen LogP contribution in [0, 0.1) is 15.9 Å². The molecular weight excluding hydrogens is 580 g/mol. The Bertz CT molecular complexity index is 1550. The average Bonchev–Trinajstić information content (AvgIpc) is 3.13. The fourth-order valence-electron chi connectivity index (χ4n) is 3.62. The average molecular weight is 597 g/mol. The van der Waals surface area contributed by atoms with Crippen LogP contribution in [0.15, 0.2) is 59.5 Å². The third-order valence-corrected chi connectivity index (χ3v) is 6.74. The first kappa shape index (κ1) is 28.9. The lowest BCUT2D eigenvalue weighted by Crippen LogP contribution is -2.27. The second kappa shape index (κ2) is 11.6. The number of rotatable bonds is 8. The van der Waals surface area contributed by atoms with Crippen LogP contribution in [0.4, 0.5) is 28.0 Å². The molecule has 0 bridgehead atoms. The van der Waals surface area contributed by atoms with Crippen molar-refractivity contribution >= 4 is 46.3 Å². The van der Waals surface area contributed by atoms with E-state index in [9.17, 15) is 37.3 Å². The molecule has 0 unspecified atom stereocenters. The standard InChI is InChI=1S/C26H17ClF4N2O6S/c1-2-38-22-9-14(3-7-21(22)39-20-8-5-16(26(29,30)31)11-19(20)33(36)37)10-23-24(34)32(25(35)40-23)13-15-4-6-17(28)12-18(15)27/h3-12H,2,13H2,1H3/b23-10+. The topological polar surface area (TPSA) is 99.0 Å². The predicted molar refractivity (Wildman–Crippen MR) is 139 cm³/mol. The summed E-state index contributed by atoms with van der Waals surface area (Å²) in [4.78, 5) is 36.9. The normalized spacial score (nSPS) is 14.7. The molecule has 3 aromatic rings. The van der Waals surface area contributed by atoms with Gasteiger partial charge in [-0.15, -0.1) is 0 Å². The molecule has 1 aliphatic rings. The summed E-state index contributed by atoms with van der Waals surface area (Å²) in [6.07, 6.45) is -3.36. The van der Waals surface area contributed by atoms with Gasteiger partial charge >= 0.3 is 11.9 Å². The van der Waals surface area contributed by atoms with E-state index in [1.807, 2.05) is 0 Å². The molecule has 1 heterocycles. The van der Waals surface area contributed by atoms with Crippen molar-refractivity contribution in [3.63, 3.8) is 0 Å². The van der Waals surface area contributed by atoms with Crippen molar-refractivity contribution < 1.29 is 41.5 Å². The van der Waals surface area contributed by atoms with Gasteiger partial charge in [-0.1, -0.05) is 23.7 Å². The van der Waals surface area contributed by atoms with Crippen molar-refractivity contribution in [1.29, 1.82) is 0 Å². The Hall–Kier alpha value is -4.10. The van der Waals surface area contributed by atoms with Crippen LogP contribution in [-0.4, -0.2) is 27.6 Å². The Kier molecular flexibility index (Phi) is 8.35. The third kappa shape index (κ3) is 6.37. The first-order valence-electron chi connectivity index (χ1n) is 11.4. The van der Waals surface area contributed by atoms with Gasteiger partial charge in [0.2, 0.25) is 5.75 Å². The van der Waals surface area contributed by atoms with E-state index < -0.39 is 45.1 Å². The molecule has 14 heteroatoms. The van der Waals surface area contributed by atoms with Gasteiger partial charge in [-0.2, -0.15) is 13.2 Å². The number of carbonyl (C=O) groups is 2. The molecule has 0 N–H and O–H groups in total. The molecule has 4 rings (SSSR count). The van der Waals surface area contributed by atoms with E-state index in [-0.39, 0.29) is 34.6 Å². The summed E-state index contributed by atoms with van der Waals surface area (Å²) in [7, 11) is 0. The molecule has 0 saturated carbocycles. The summed E-state index contributed by atoms with van der Waals surface area (Å²) in [5, 5.41) is 10.9. The van der Waals surface area contributed by atoms with Crippen molar-refractivity contribution in [2.75, 3.05) is 6.61 Å². The minimum absolute atomic E-state index is 0.0269. The van der Waals surface area contributed by atoms with Gasteiger partial charge in [0.25, 0.3) is 11.1 Å². The Morgan fingerprint density at radius 2 is 1.77 bits per heavy atom. The van der Waals surface area contributed by atoms with E-state index in [0.29, 0.717) is 35.0 Å². The van der Waals surface area contributed by atoms with Crippen LogP contribution in [-0.2, 0) is 17.5 Å². The lowest BCUT2D eigenvalue weighted by molar-refractivity contribution is -0.385. The molecule has 208 valence electrons. The van der Waals surface area contributed by atoms with E-state index in [2.05, 4.69) is 0 Å². The number of alkyl halides is 3. The first-order chi connectivity index (χ1) is 18.9. The SMILES string of the molecule is CCOc1cc(/C=C2/SC(=O)N(Cc3ccc(F)cc3Cl)C2=O)ccc1Oc1ccc(C(F)(F)F)cc1[N+](=O)[O-]. The van der Waals surface area contributed by atoms with E-state index in [1.54, 1.807) is 6.92 Å². The number of thioether (sulfide) groups is 1. The number of carbonyl (C=O) groups excluding carboxylic acids is 2. The number of hydrogen-bond donors (Lipinski definition) is 0. The lowest BCUT2D eigenvalue weighted by atomic mass is 10.1. The third-order valence-electron chi connectivity index (χ3n) is 5.49. The molecule has 1 aliphatic heterocycles. The highest BCUT2D eigenvalue weighted by molar-refractivity contribution is 8.18. The van der Waals surface area contributed by atoms with Crippen molar-refractivity contribution in [1.82, 2.24) is 4.90 Å². The minimum Gasteiger partial charge on any atom is -0.490 e. The van der Waals surface area contributed by atoms with Crippen molar-refractivity contribution in [3.05, 3.63) is 97.1 Å². The second-order valence-electron chi connectivity index (χ2n) is 8.18. The van der Waals surface area contributed by atoms with Gasteiger partial charge in [-0.05, 0) is 72.3 Å². The lowest BCUT2D eigenvalue weighted by Gasteiger charge is -2.14. The number of nitro groups is 1. The van der Waals surface area contributed by atoms with Crippen molar-refractivity contribution in [3.8, 4) is 17.2 Å². The summed E-state index contributed by atoms with van der Waals surface area (Å²) < 4.78 is 63.5. The molecule has 3 aromatic carbocycles. The summed E-state index contributed by atoms with van der Waals surface area (Å²) >= 11 is 6.70. The Morgan fingerprint density at radius 1 is 1.05 bits per heavy atom. The number of nitro benzene ring substituents is 1. The van der Waals surface area contributed by atoms with Gasteiger partial charge in [0, 0.05) is 11.1 Å². The van der Waals surface area contributed by atoms with Gasteiger partial charge in [-0.3, -0.25) is 24.6 Å². The monoisotopic (exact) mass is 596 g/mol. The summed E-state index contributed by atoms with van der Waals surface area (Å²) in [6.45, 7) is 1.64. The van der Waals surface area contributed by atoms with Crippen LogP contribution in [0.5, 0.6) is 17.2 Å². The summed E-state index contributed by atoms with van der Waals surface area (Å²) in [5.74, 6) is -1.54. The zero-order valence-corrected chi connectivity index (χ0v) is 21.9. The maximum absolute atomic E-state index is 13.3. The second-order valence-corrected chi connectivity index (χ2v) is 9.58. The van der Waals surface area contributed by atoms with Crippen LogP contribution in [0.1, 0.15) is 23.6 Å². The van der Waals surface area contributed by atoms with E-state index in [1.165, 1.54) is 30.3 Å². The number of amides is 2. The fraction of sp³-hybridized carbons (Fsp3) is 0.154. The maximum atomic E-state index is 13.3. The van der Waals surface area contributed by atoms with Gasteiger partial charge in [-0.25, -0.2) is 4.39 Å². The fourth-order valence-corrected chi connectivity index (χ4v) is 4.68.